The summed E-state index contributed by atoms with van der Waals surface area (Å²) in [5, 5.41) is 6.54. The van der Waals surface area contributed by atoms with Crippen molar-refractivity contribution in [2.24, 2.45) is 0 Å². The number of likely N-dealkylation sites (tertiary alicyclic amines) is 2. The van der Waals surface area contributed by atoms with Gasteiger partial charge in [0.2, 0.25) is 0 Å². The summed E-state index contributed by atoms with van der Waals surface area (Å²) in [4.78, 5) is 50.0. The van der Waals surface area contributed by atoms with Crippen LogP contribution in [0.1, 0.15) is 48.8 Å². The third-order valence-electron chi connectivity index (χ3n) is 10.2. The van der Waals surface area contributed by atoms with Crippen molar-refractivity contribution in [2.45, 2.75) is 69.4 Å². The van der Waals surface area contributed by atoms with E-state index in [1.54, 1.807) is 9.80 Å². The number of nitrogen functional groups attached to an aromatic ring is 1. The Morgan fingerprint density at radius 1 is 1.00 bits per heavy atom. The third-order valence-corrected chi connectivity index (χ3v) is 11.3. The maximum absolute atomic E-state index is 14.0. The minimum Gasteiger partial charge on any atom is -0.436 e. The molecule has 1 atom stereocenters. The molecular weight excluding hydrogens is 683 g/mol. The number of nitrogens with zero attached hydrogens (tertiary/aromatic N) is 5. The molecule has 16 heteroatoms. The van der Waals surface area contributed by atoms with Crippen molar-refractivity contribution in [2.75, 3.05) is 70.5 Å². The first kappa shape index (κ1) is 35.6. The van der Waals surface area contributed by atoms with Crippen LogP contribution in [0.5, 0.6) is 0 Å². The predicted molar refractivity (Wildman–Crippen MR) is 182 cm³/mol. The average Bonchev–Trinajstić information content (AvgIpc) is 3.42. The lowest BCUT2D eigenvalue weighted by Gasteiger charge is -2.40. The van der Waals surface area contributed by atoms with Crippen LogP contribution in [0.4, 0.5) is 34.1 Å². The second kappa shape index (κ2) is 14.9. The number of anilines is 2. The number of nitrogens with two attached hydrogens (primary N) is 1. The Morgan fingerprint density at radius 2 is 1.69 bits per heavy atom. The molecular formula is C33H43ClF3N7O4S. The summed E-state index contributed by atoms with van der Waals surface area (Å²) in [6, 6.07) is 2.22. The van der Waals surface area contributed by atoms with Crippen LogP contribution in [0.25, 0.3) is 0 Å². The van der Waals surface area contributed by atoms with E-state index in [1.165, 1.54) is 22.3 Å². The van der Waals surface area contributed by atoms with Gasteiger partial charge in [-0.15, -0.1) is 11.3 Å². The molecule has 0 bridgehead atoms. The fourth-order valence-corrected chi connectivity index (χ4v) is 8.38. The maximum Gasteiger partial charge on any atom is 0.418 e. The Morgan fingerprint density at radius 3 is 2.41 bits per heavy atom. The van der Waals surface area contributed by atoms with Crippen LogP contribution in [-0.4, -0.2) is 120 Å². The number of benzene rings is 1. The Hall–Kier alpha value is -3.27. The lowest BCUT2D eigenvalue weighted by Crippen LogP contribution is -2.53. The molecule has 0 saturated carbocycles. The van der Waals surface area contributed by atoms with Crippen LogP contribution in [-0.2, 0) is 28.7 Å². The zero-order valence-corrected chi connectivity index (χ0v) is 29.1. The number of alkyl halides is 3. The Balaban J connectivity index is 1.13. The van der Waals surface area contributed by atoms with E-state index in [0.29, 0.717) is 51.6 Å². The number of rotatable bonds is 6. The second-order valence-corrected chi connectivity index (χ2v) is 14.6. The number of hydrogen-bond donors (Lipinski definition) is 2. The van der Waals surface area contributed by atoms with E-state index in [-0.39, 0.29) is 29.1 Å². The molecule has 2 aromatic rings. The highest BCUT2D eigenvalue weighted by molar-refractivity contribution is 7.08. The maximum atomic E-state index is 14.0. The molecule has 0 unspecified atom stereocenters. The van der Waals surface area contributed by atoms with Crippen LogP contribution in [0.2, 0.25) is 5.02 Å². The molecule has 4 aliphatic heterocycles. The molecule has 3 saturated heterocycles. The summed E-state index contributed by atoms with van der Waals surface area (Å²) in [5.41, 5.74) is 5.92. The number of amides is 4. The van der Waals surface area contributed by atoms with Crippen LogP contribution in [0.15, 0.2) is 22.9 Å². The van der Waals surface area contributed by atoms with Gasteiger partial charge in [-0.1, -0.05) is 11.6 Å². The molecule has 0 radical (unpaired) electrons. The highest BCUT2D eigenvalue weighted by Crippen LogP contribution is 2.38. The molecule has 3 N–H and O–H groups in total. The number of piperidine rings is 2. The van der Waals surface area contributed by atoms with E-state index in [4.69, 9.17) is 22.1 Å². The molecule has 6 rings (SSSR count). The van der Waals surface area contributed by atoms with Gasteiger partial charge in [0.25, 0.3) is 5.91 Å². The SMILES string of the molecule is CN1CCCN(C2CCN(C(=O)[C@@H](Cc3cc(Cl)c(N)c(C(F)(F)F)c3)OC(=O)N3CCC(N4Cc5cscc5NC4=O)CC3)CC2)CC1. The normalized spacial score (nSPS) is 21.2. The number of carbonyl (C=O) groups excluding carboxylic acids is 3. The summed E-state index contributed by atoms with van der Waals surface area (Å²) in [6.07, 6.45) is -3.51. The van der Waals surface area contributed by atoms with Crippen LogP contribution < -0.4 is 11.1 Å². The molecule has 5 heterocycles. The zero-order chi connectivity index (χ0) is 34.9. The zero-order valence-electron chi connectivity index (χ0n) is 27.5. The number of urea groups is 1. The fraction of sp³-hybridized carbons (Fsp3) is 0.606. The summed E-state index contributed by atoms with van der Waals surface area (Å²) in [5.74, 6) is -0.449. The first-order valence-electron chi connectivity index (χ1n) is 16.8. The van der Waals surface area contributed by atoms with Crippen molar-refractivity contribution in [3.05, 3.63) is 44.6 Å². The lowest BCUT2D eigenvalue weighted by molar-refractivity contribution is -0.142. The highest BCUT2D eigenvalue weighted by Gasteiger charge is 2.38. The number of thiophene rings is 1. The standard InChI is InChI=1S/C33H43ClF3N7O4S/c1-40-7-2-8-41(14-13-40)23-3-9-42(10-4-23)30(45)28(17-21-15-25(33(35,36)37)29(38)26(34)16-21)48-32(47)43-11-5-24(6-12-43)44-18-22-19-49-20-27(22)39-31(44)46/h15-16,19-20,23-24,28H,2-14,17-18,38H2,1H3,(H,39,46)/t28-/m1/s1. The molecule has 3 fully saturated rings. The number of halogens is 4. The van der Waals surface area contributed by atoms with Gasteiger partial charge in [-0.3, -0.25) is 9.69 Å². The number of carbonyl (C=O) groups is 3. The first-order valence-corrected chi connectivity index (χ1v) is 18.1. The topological polar surface area (TPSA) is 115 Å². The average molecular weight is 726 g/mol. The van der Waals surface area contributed by atoms with Gasteiger partial charge >= 0.3 is 18.3 Å². The van der Waals surface area contributed by atoms with Gasteiger partial charge in [-0.2, -0.15) is 13.2 Å². The first-order chi connectivity index (χ1) is 23.4. The van der Waals surface area contributed by atoms with Crippen molar-refractivity contribution in [3.8, 4) is 0 Å². The van der Waals surface area contributed by atoms with Crippen molar-refractivity contribution in [1.82, 2.24) is 24.5 Å². The molecule has 4 amide bonds. The highest BCUT2D eigenvalue weighted by atomic mass is 35.5. The third kappa shape index (κ3) is 8.21. The van der Waals surface area contributed by atoms with Gasteiger partial charge in [0.15, 0.2) is 6.10 Å². The molecule has 11 nitrogen and oxygen atoms in total. The van der Waals surface area contributed by atoms with Crippen molar-refractivity contribution in [3.63, 3.8) is 0 Å². The van der Waals surface area contributed by atoms with Crippen molar-refractivity contribution in [1.29, 1.82) is 0 Å². The van der Waals surface area contributed by atoms with Gasteiger partial charge in [0.1, 0.15) is 0 Å². The second-order valence-electron chi connectivity index (χ2n) is 13.4. The molecule has 0 aliphatic carbocycles. The Bertz CT molecular complexity index is 1530. The minimum absolute atomic E-state index is 0.0851. The van der Waals surface area contributed by atoms with Gasteiger partial charge < -0.3 is 35.4 Å². The van der Waals surface area contributed by atoms with E-state index >= 15 is 0 Å². The van der Waals surface area contributed by atoms with E-state index in [2.05, 4.69) is 22.2 Å². The minimum atomic E-state index is -4.76. The van der Waals surface area contributed by atoms with E-state index in [0.717, 1.165) is 62.8 Å². The smallest absolute Gasteiger partial charge is 0.418 e. The van der Waals surface area contributed by atoms with Crippen LogP contribution in [0, 0.1) is 0 Å². The lowest BCUT2D eigenvalue weighted by atomic mass is 9.99. The Kier molecular flexibility index (Phi) is 10.8. The molecule has 49 heavy (non-hydrogen) atoms. The molecule has 0 spiro atoms. The number of nitrogens with one attached hydrogen (secondary N) is 1. The largest absolute Gasteiger partial charge is 0.436 e. The number of fused-ring (bicyclic) bond motifs is 1. The van der Waals surface area contributed by atoms with E-state index in [9.17, 15) is 27.6 Å². The van der Waals surface area contributed by atoms with Crippen molar-refractivity contribution >= 4 is 52.3 Å². The van der Waals surface area contributed by atoms with Crippen molar-refractivity contribution < 1.29 is 32.3 Å². The summed E-state index contributed by atoms with van der Waals surface area (Å²) in [7, 11) is 2.12. The number of likely N-dealkylation sites (N-methyl/N-ethyl adjacent to an activating group) is 1. The summed E-state index contributed by atoms with van der Waals surface area (Å²) >= 11 is 7.63. The fourth-order valence-electron chi connectivity index (χ4n) is 7.36. The van der Waals surface area contributed by atoms with Gasteiger partial charge in [-0.05, 0) is 75.3 Å². The van der Waals surface area contributed by atoms with Gasteiger partial charge in [0, 0.05) is 68.7 Å². The van der Waals surface area contributed by atoms with Gasteiger partial charge in [0.05, 0.1) is 28.5 Å². The number of hydrogen-bond acceptors (Lipinski definition) is 8. The van der Waals surface area contributed by atoms with Gasteiger partial charge in [-0.25, -0.2) is 9.59 Å². The molecule has 1 aromatic heterocycles. The number of ether oxygens (including phenoxy) is 1. The monoisotopic (exact) mass is 725 g/mol. The molecule has 268 valence electrons. The van der Waals surface area contributed by atoms with E-state index in [1.807, 2.05) is 10.8 Å². The van der Waals surface area contributed by atoms with Crippen LogP contribution >= 0.6 is 22.9 Å². The molecule has 1 aromatic carbocycles. The Labute approximate surface area is 293 Å². The molecule has 4 aliphatic rings. The summed E-state index contributed by atoms with van der Waals surface area (Å²) in [6.45, 7) is 5.99. The van der Waals surface area contributed by atoms with E-state index < -0.39 is 35.5 Å². The quantitative estimate of drug-likeness (QED) is 0.394. The van der Waals surface area contributed by atoms with Crippen LogP contribution in [0.3, 0.4) is 0 Å². The summed E-state index contributed by atoms with van der Waals surface area (Å²) < 4.78 is 47.2. The predicted octanol–water partition coefficient (Wildman–Crippen LogP) is 5.19.